The summed E-state index contributed by atoms with van der Waals surface area (Å²) in [5.74, 6) is 0. The Morgan fingerprint density at radius 3 is 2.89 bits per heavy atom. The van der Waals surface area contributed by atoms with Gasteiger partial charge >= 0.3 is 0 Å². The summed E-state index contributed by atoms with van der Waals surface area (Å²) in [5, 5.41) is 4.67. The molecule has 1 N–H and O–H groups in total. The maximum atomic E-state index is 4.60. The molecule has 2 unspecified atom stereocenters. The molecule has 1 saturated carbocycles. The van der Waals surface area contributed by atoms with Gasteiger partial charge in [-0.15, -0.1) is 0 Å². The van der Waals surface area contributed by atoms with E-state index in [0.717, 1.165) is 0 Å². The molecular formula is C16H20N2. The Morgan fingerprint density at radius 1 is 1.28 bits per heavy atom. The molecule has 3 rings (SSSR count). The van der Waals surface area contributed by atoms with Crippen molar-refractivity contribution in [3.8, 4) is 0 Å². The first-order chi connectivity index (χ1) is 8.73. The van der Waals surface area contributed by atoms with Crippen molar-refractivity contribution in [3.05, 3.63) is 42.1 Å². The standard InChI is InChI=1S/C16H20N2/c1-16(9-8-13(11-16)17-2)14-7-3-5-12-6-4-10-18-15(12)14/h3-7,10,13,17H,8-9,11H2,1-2H3. The molecule has 0 spiro atoms. The zero-order valence-electron chi connectivity index (χ0n) is 11.1. The fourth-order valence-corrected chi connectivity index (χ4v) is 3.32. The van der Waals surface area contributed by atoms with Crippen LogP contribution in [0.5, 0.6) is 0 Å². The van der Waals surface area contributed by atoms with Gasteiger partial charge in [-0.1, -0.05) is 31.2 Å². The van der Waals surface area contributed by atoms with E-state index in [-0.39, 0.29) is 5.41 Å². The molecular weight excluding hydrogens is 220 g/mol. The van der Waals surface area contributed by atoms with Gasteiger partial charge in [-0.25, -0.2) is 0 Å². The molecule has 1 aliphatic carbocycles. The highest BCUT2D eigenvalue weighted by Crippen LogP contribution is 2.42. The van der Waals surface area contributed by atoms with Crippen molar-refractivity contribution in [2.24, 2.45) is 0 Å². The Morgan fingerprint density at radius 2 is 2.11 bits per heavy atom. The van der Waals surface area contributed by atoms with Crippen LogP contribution >= 0.6 is 0 Å². The van der Waals surface area contributed by atoms with Gasteiger partial charge in [-0.2, -0.15) is 0 Å². The molecule has 1 aromatic heterocycles. The first-order valence-electron chi connectivity index (χ1n) is 6.74. The highest BCUT2D eigenvalue weighted by Gasteiger charge is 2.37. The minimum Gasteiger partial charge on any atom is -0.317 e. The van der Waals surface area contributed by atoms with E-state index in [0.29, 0.717) is 6.04 Å². The lowest BCUT2D eigenvalue weighted by Gasteiger charge is -2.26. The van der Waals surface area contributed by atoms with Gasteiger partial charge in [0.1, 0.15) is 0 Å². The number of hydrogen-bond acceptors (Lipinski definition) is 2. The Kier molecular flexibility index (Phi) is 2.83. The van der Waals surface area contributed by atoms with E-state index in [1.54, 1.807) is 0 Å². The smallest absolute Gasteiger partial charge is 0.0739 e. The fraction of sp³-hybridized carbons (Fsp3) is 0.438. The quantitative estimate of drug-likeness (QED) is 0.871. The van der Waals surface area contributed by atoms with Crippen LogP contribution < -0.4 is 5.32 Å². The predicted molar refractivity (Wildman–Crippen MR) is 75.8 cm³/mol. The molecule has 0 saturated heterocycles. The van der Waals surface area contributed by atoms with E-state index in [4.69, 9.17) is 0 Å². The summed E-state index contributed by atoms with van der Waals surface area (Å²) >= 11 is 0. The van der Waals surface area contributed by atoms with E-state index in [1.807, 2.05) is 12.3 Å². The Hall–Kier alpha value is -1.41. The lowest BCUT2D eigenvalue weighted by Crippen LogP contribution is -2.26. The van der Waals surface area contributed by atoms with Crippen LogP contribution in [-0.2, 0) is 5.41 Å². The van der Waals surface area contributed by atoms with Gasteiger partial charge in [0, 0.05) is 17.6 Å². The normalized spacial score (nSPS) is 27.8. The third-order valence-electron chi connectivity index (χ3n) is 4.43. The maximum Gasteiger partial charge on any atom is 0.0739 e. The maximum absolute atomic E-state index is 4.60. The zero-order chi connectivity index (χ0) is 12.6. The molecule has 0 radical (unpaired) electrons. The molecule has 18 heavy (non-hydrogen) atoms. The number of hydrogen-bond donors (Lipinski definition) is 1. The molecule has 2 atom stereocenters. The number of nitrogens with zero attached hydrogens (tertiary/aromatic N) is 1. The van der Waals surface area contributed by atoms with Crippen molar-refractivity contribution in [2.75, 3.05) is 7.05 Å². The molecule has 94 valence electrons. The van der Waals surface area contributed by atoms with Crippen LogP contribution in [0.25, 0.3) is 10.9 Å². The van der Waals surface area contributed by atoms with Crippen molar-refractivity contribution < 1.29 is 0 Å². The second-order valence-corrected chi connectivity index (χ2v) is 5.67. The fourth-order valence-electron chi connectivity index (χ4n) is 3.32. The summed E-state index contributed by atoms with van der Waals surface area (Å²) in [7, 11) is 2.07. The highest BCUT2D eigenvalue weighted by atomic mass is 14.9. The first-order valence-corrected chi connectivity index (χ1v) is 6.74. The Bertz CT molecular complexity index is 559. The van der Waals surface area contributed by atoms with E-state index in [2.05, 4.69) is 48.5 Å². The van der Waals surface area contributed by atoms with Gasteiger partial charge in [0.15, 0.2) is 0 Å². The summed E-state index contributed by atoms with van der Waals surface area (Å²) in [6, 6.07) is 11.4. The molecule has 2 heteroatoms. The molecule has 2 nitrogen and oxygen atoms in total. The first kappa shape index (κ1) is 11.7. The molecule has 1 aromatic carbocycles. The lowest BCUT2D eigenvalue weighted by atomic mass is 9.79. The Balaban J connectivity index is 2.09. The van der Waals surface area contributed by atoms with Gasteiger partial charge in [0.2, 0.25) is 0 Å². The van der Waals surface area contributed by atoms with Crippen molar-refractivity contribution in [2.45, 2.75) is 37.6 Å². The second-order valence-electron chi connectivity index (χ2n) is 5.67. The van der Waals surface area contributed by atoms with E-state index in [9.17, 15) is 0 Å². The highest BCUT2D eigenvalue weighted by molar-refractivity contribution is 5.82. The molecule has 1 aliphatic rings. The van der Waals surface area contributed by atoms with Crippen molar-refractivity contribution in [3.63, 3.8) is 0 Å². The number of pyridine rings is 1. The van der Waals surface area contributed by atoms with Crippen LogP contribution in [0, 0.1) is 0 Å². The molecule has 1 heterocycles. The third-order valence-corrected chi connectivity index (χ3v) is 4.43. The summed E-state index contributed by atoms with van der Waals surface area (Å²) in [4.78, 5) is 4.60. The van der Waals surface area contributed by atoms with Crippen LogP contribution in [0.3, 0.4) is 0 Å². The molecule has 0 bridgehead atoms. The van der Waals surface area contributed by atoms with E-state index < -0.39 is 0 Å². The van der Waals surface area contributed by atoms with Gasteiger partial charge in [0.25, 0.3) is 0 Å². The predicted octanol–water partition coefficient (Wildman–Crippen LogP) is 3.26. The number of nitrogens with one attached hydrogen (secondary N) is 1. The topological polar surface area (TPSA) is 24.9 Å². The van der Waals surface area contributed by atoms with Crippen molar-refractivity contribution in [1.82, 2.24) is 10.3 Å². The zero-order valence-corrected chi connectivity index (χ0v) is 11.1. The number of rotatable bonds is 2. The summed E-state index contributed by atoms with van der Waals surface area (Å²) in [5.41, 5.74) is 2.86. The summed E-state index contributed by atoms with van der Waals surface area (Å²) < 4.78 is 0. The summed E-state index contributed by atoms with van der Waals surface area (Å²) in [6.45, 7) is 2.38. The largest absolute Gasteiger partial charge is 0.317 e. The van der Waals surface area contributed by atoms with Crippen LogP contribution in [-0.4, -0.2) is 18.1 Å². The summed E-state index contributed by atoms with van der Waals surface area (Å²) in [6.07, 6.45) is 5.61. The van der Waals surface area contributed by atoms with Gasteiger partial charge in [0.05, 0.1) is 5.52 Å². The number of para-hydroxylation sites is 1. The number of fused-ring (bicyclic) bond motifs is 1. The SMILES string of the molecule is CNC1CCC(C)(c2cccc3cccnc23)C1. The lowest BCUT2D eigenvalue weighted by molar-refractivity contribution is 0.469. The van der Waals surface area contributed by atoms with Gasteiger partial charge < -0.3 is 5.32 Å². The number of aromatic nitrogens is 1. The second kappa shape index (κ2) is 4.36. The van der Waals surface area contributed by atoms with Gasteiger partial charge in [-0.05, 0) is 43.4 Å². The number of benzene rings is 1. The average Bonchev–Trinajstić information content (AvgIpc) is 2.81. The van der Waals surface area contributed by atoms with E-state index in [1.165, 1.54) is 35.7 Å². The van der Waals surface area contributed by atoms with Crippen LogP contribution in [0.15, 0.2) is 36.5 Å². The van der Waals surface area contributed by atoms with Crippen molar-refractivity contribution >= 4 is 10.9 Å². The van der Waals surface area contributed by atoms with Crippen LogP contribution in [0.2, 0.25) is 0 Å². The Labute approximate surface area is 108 Å². The third kappa shape index (κ3) is 1.81. The molecule has 0 aliphatic heterocycles. The van der Waals surface area contributed by atoms with Gasteiger partial charge in [-0.3, -0.25) is 4.98 Å². The van der Waals surface area contributed by atoms with Crippen LogP contribution in [0.4, 0.5) is 0 Å². The molecule has 1 fully saturated rings. The average molecular weight is 240 g/mol. The van der Waals surface area contributed by atoms with E-state index >= 15 is 0 Å². The minimum absolute atomic E-state index is 0.265. The van der Waals surface area contributed by atoms with Crippen molar-refractivity contribution in [1.29, 1.82) is 0 Å². The molecule has 0 amide bonds. The minimum atomic E-state index is 0.265. The molecule has 2 aromatic rings. The monoisotopic (exact) mass is 240 g/mol. The van der Waals surface area contributed by atoms with Crippen LogP contribution in [0.1, 0.15) is 31.7 Å².